The second-order valence-corrected chi connectivity index (χ2v) is 16.9. The Morgan fingerprint density at radius 3 is 1.69 bits per heavy atom. The van der Waals surface area contributed by atoms with Crippen molar-refractivity contribution in [2.45, 2.75) is 102 Å². The van der Waals surface area contributed by atoms with Crippen LogP contribution in [0, 0.1) is 11.8 Å². The number of primary amides is 1. The maximum atomic E-state index is 14.3. The molecule has 0 bridgehead atoms. The first-order valence-corrected chi connectivity index (χ1v) is 22.1. The molecule has 0 saturated carbocycles. The monoisotopic (exact) mass is 908 g/mol. The molecule has 348 valence electrons. The largest absolute Gasteiger partial charge is 0.508 e. The average molecular weight is 909 g/mol. The molecule has 0 aliphatic rings. The molecule has 7 atom stereocenters. The summed E-state index contributed by atoms with van der Waals surface area (Å²) >= 11 is 1.44. The topological polar surface area (TPSA) is 330 Å². The molecule has 0 aliphatic carbocycles. The second-order valence-electron chi connectivity index (χ2n) is 15.9. The van der Waals surface area contributed by atoms with Crippen LogP contribution in [0.4, 0.5) is 0 Å². The number of benzene rings is 2. The predicted molar refractivity (Wildman–Crippen MR) is 238 cm³/mol. The number of phenolic OH excluding ortho intramolecular Hbond substituents is 1. The maximum Gasteiger partial charge on any atom is 0.305 e. The lowest BCUT2D eigenvalue weighted by Gasteiger charge is -2.29. The molecule has 3 rings (SSSR count). The van der Waals surface area contributed by atoms with Crippen LogP contribution in [0.2, 0.25) is 0 Å². The summed E-state index contributed by atoms with van der Waals surface area (Å²) in [4.78, 5) is 113. The first kappa shape index (κ1) is 51.9. The number of thioether (sulfide) groups is 1. The van der Waals surface area contributed by atoms with Gasteiger partial charge in [-0.25, -0.2) is 4.98 Å². The predicted octanol–water partition coefficient (Wildman–Crippen LogP) is -0.596. The zero-order valence-corrected chi connectivity index (χ0v) is 37.3. The Hall–Kier alpha value is -6.48. The number of rotatable bonds is 26. The number of amides is 7. The highest BCUT2D eigenvalue weighted by Gasteiger charge is 2.36. The molecule has 1 aromatic heterocycles. The van der Waals surface area contributed by atoms with Gasteiger partial charge in [0.2, 0.25) is 41.4 Å². The van der Waals surface area contributed by atoms with Gasteiger partial charge >= 0.3 is 5.97 Å². The molecule has 0 saturated heterocycles. The van der Waals surface area contributed by atoms with Gasteiger partial charge < -0.3 is 58.6 Å². The number of carbonyl (C=O) groups is 8. The third kappa shape index (κ3) is 17.0. The number of aliphatic carboxylic acids is 1. The van der Waals surface area contributed by atoms with Crippen molar-refractivity contribution in [1.29, 1.82) is 0 Å². The van der Waals surface area contributed by atoms with Crippen molar-refractivity contribution in [2.75, 3.05) is 12.0 Å². The van der Waals surface area contributed by atoms with Crippen LogP contribution in [0.1, 0.15) is 57.4 Å². The van der Waals surface area contributed by atoms with Crippen molar-refractivity contribution in [1.82, 2.24) is 41.9 Å². The Bertz CT molecular complexity index is 2040. The van der Waals surface area contributed by atoms with Crippen LogP contribution in [0.15, 0.2) is 67.1 Å². The van der Waals surface area contributed by atoms with Gasteiger partial charge in [-0.3, -0.25) is 38.4 Å². The van der Waals surface area contributed by atoms with E-state index in [0.717, 1.165) is 0 Å². The molecule has 1 heterocycles. The molecule has 13 N–H and O–H groups in total. The first-order chi connectivity index (χ1) is 30.3. The number of nitrogens with two attached hydrogens (primary N) is 2. The minimum Gasteiger partial charge on any atom is -0.508 e. The molecular weight excluding hydrogens is 849 g/mol. The Kier molecular flexibility index (Phi) is 20.7. The van der Waals surface area contributed by atoms with E-state index >= 15 is 0 Å². The molecule has 0 fully saturated rings. The number of nitrogens with one attached hydrogen (secondary N) is 7. The Labute approximate surface area is 375 Å². The van der Waals surface area contributed by atoms with E-state index in [0.29, 0.717) is 22.6 Å². The number of aromatic amines is 1. The summed E-state index contributed by atoms with van der Waals surface area (Å²) < 4.78 is 0. The van der Waals surface area contributed by atoms with Crippen molar-refractivity contribution in [2.24, 2.45) is 23.3 Å². The van der Waals surface area contributed by atoms with E-state index in [4.69, 9.17) is 16.6 Å². The molecule has 20 nitrogen and oxygen atoms in total. The van der Waals surface area contributed by atoms with E-state index in [9.17, 15) is 43.5 Å². The van der Waals surface area contributed by atoms with Crippen LogP contribution >= 0.6 is 11.8 Å². The van der Waals surface area contributed by atoms with Crippen LogP contribution in [0.5, 0.6) is 5.75 Å². The van der Waals surface area contributed by atoms with Crippen LogP contribution in [0.25, 0.3) is 0 Å². The lowest BCUT2D eigenvalue weighted by Crippen LogP contribution is -2.62. The zero-order chi connectivity index (χ0) is 47.5. The van der Waals surface area contributed by atoms with Gasteiger partial charge in [0.15, 0.2) is 0 Å². The first-order valence-electron chi connectivity index (χ1n) is 20.7. The maximum absolute atomic E-state index is 14.3. The summed E-state index contributed by atoms with van der Waals surface area (Å²) in [5, 5.41) is 34.6. The fraction of sp³-hybridized carbons (Fsp3) is 0.465. The zero-order valence-electron chi connectivity index (χ0n) is 36.5. The molecule has 21 heteroatoms. The quantitative estimate of drug-likeness (QED) is 0.0480. The van der Waals surface area contributed by atoms with Crippen molar-refractivity contribution in [3.05, 3.63) is 83.9 Å². The highest BCUT2D eigenvalue weighted by molar-refractivity contribution is 7.98. The molecule has 0 unspecified atom stereocenters. The summed E-state index contributed by atoms with van der Waals surface area (Å²) in [7, 11) is 0. The fourth-order valence-electron chi connectivity index (χ4n) is 6.42. The Balaban J connectivity index is 1.87. The van der Waals surface area contributed by atoms with Gasteiger partial charge in [-0.15, -0.1) is 0 Å². The number of carboxylic acids is 1. The van der Waals surface area contributed by atoms with Gasteiger partial charge in [0, 0.05) is 24.7 Å². The highest BCUT2D eigenvalue weighted by Crippen LogP contribution is 2.13. The number of phenols is 1. The van der Waals surface area contributed by atoms with Gasteiger partial charge in [-0.1, -0.05) is 70.2 Å². The van der Waals surface area contributed by atoms with E-state index in [-0.39, 0.29) is 31.4 Å². The van der Waals surface area contributed by atoms with E-state index in [1.165, 1.54) is 36.4 Å². The summed E-state index contributed by atoms with van der Waals surface area (Å²) in [6.07, 6.45) is 4.06. The number of imidazole rings is 1. The number of carboxylic acid groups (broad SMARTS) is 1. The molecule has 0 radical (unpaired) electrons. The van der Waals surface area contributed by atoms with E-state index in [2.05, 4.69) is 41.9 Å². The molecule has 64 heavy (non-hydrogen) atoms. The molecule has 7 amide bonds. The lowest BCUT2D eigenvalue weighted by atomic mass is 9.98. The summed E-state index contributed by atoms with van der Waals surface area (Å²) in [5.74, 6) is -7.56. The van der Waals surface area contributed by atoms with Gasteiger partial charge in [0.1, 0.15) is 42.0 Å². The number of aromatic hydroxyl groups is 1. The lowest BCUT2D eigenvalue weighted by molar-refractivity contribution is -0.140. The third-order valence-electron chi connectivity index (χ3n) is 10.0. The molecule has 3 aromatic rings. The number of hydrogen-bond acceptors (Lipinski definition) is 12. The van der Waals surface area contributed by atoms with Gasteiger partial charge in [-0.05, 0) is 59.9 Å². The van der Waals surface area contributed by atoms with Crippen molar-refractivity contribution in [3.8, 4) is 5.75 Å². The van der Waals surface area contributed by atoms with Crippen LogP contribution in [0.3, 0.4) is 0 Å². The SMILES string of the molecule is CSCC[C@@H](NC(=O)[C@@H](N)Cc1ccc(O)cc1)C(=O)N[C@@H](Cc1ccccc1)C(=O)N[C@@H](Cc1cnc[nH]1)C(=O)N[C@H](C(=O)N[C@H](C(=O)N[C@@H](CC(=O)O)C(N)=O)C(C)C)C(C)C. The van der Waals surface area contributed by atoms with Crippen LogP contribution in [-0.2, 0) is 57.6 Å². The van der Waals surface area contributed by atoms with E-state index in [1.54, 1.807) is 70.2 Å². The number of nitrogens with zero attached hydrogens (tertiary/aromatic N) is 1. The molecule has 0 aliphatic heterocycles. The molecular formula is C43H60N10O10S. The average Bonchev–Trinajstić information content (AvgIpc) is 3.76. The number of carbonyl (C=O) groups excluding carboxylic acids is 7. The minimum absolute atomic E-state index is 0.0148. The molecule has 0 spiro atoms. The number of H-pyrrole nitrogens is 1. The standard InChI is InChI=1S/C43H60N10O10S/c1-23(2)35(42(62)49-31(37(45)57)20-34(55)56)53-43(63)36(24(3)4)52-41(61)33(19-27-21-46-22-47-27)51-40(60)32(18-25-9-7-6-8-10-25)50-39(59)30(15-16-64-5)48-38(58)29(44)17-26-11-13-28(54)14-12-26/h6-14,21-24,29-33,35-36,54H,15-20,44H2,1-5H3,(H2,45,57)(H,46,47)(H,48,58)(H,49,62)(H,50,59)(H,51,60)(H,52,61)(H,53,63)(H,55,56)/t29-,30+,31-,32-,33-,35-,36-/m0/s1. The normalized spacial score (nSPS) is 14.4. The van der Waals surface area contributed by atoms with Gasteiger partial charge in [0.25, 0.3) is 0 Å². The van der Waals surface area contributed by atoms with Crippen molar-refractivity contribution in [3.63, 3.8) is 0 Å². The summed E-state index contributed by atoms with van der Waals surface area (Å²) in [6.45, 7) is 6.51. The van der Waals surface area contributed by atoms with Gasteiger partial charge in [-0.2, -0.15) is 11.8 Å². The number of aromatic nitrogens is 2. The summed E-state index contributed by atoms with van der Waals surface area (Å²) in [6, 6.07) is 6.17. The molecule has 2 aromatic carbocycles. The smallest absolute Gasteiger partial charge is 0.305 e. The van der Waals surface area contributed by atoms with Crippen molar-refractivity contribution >= 4 is 59.1 Å². The van der Waals surface area contributed by atoms with E-state index < -0.39 is 108 Å². The summed E-state index contributed by atoms with van der Waals surface area (Å²) in [5.41, 5.74) is 13.3. The van der Waals surface area contributed by atoms with Crippen LogP contribution in [-0.4, -0.2) is 122 Å². The fourth-order valence-corrected chi connectivity index (χ4v) is 6.89. The second kappa shape index (κ2) is 25.6. The highest BCUT2D eigenvalue weighted by atomic mass is 32.2. The Morgan fingerprint density at radius 1 is 0.656 bits per heavy atom. The van der Waals surface area contributed by atoms with Crippen LogP contribution < -0.4 is 43.4 Å². The van der Waals surface area contributed by atoms with E-state index in [1.807, 2.05) is 6.26 Å². The minimum atomic E-state index is -1.55. The van der Waals surface area contributed by atoms with Crippen molar-refractivity contribution < 1.29 is 48.6 Å². The van der Waals surface area contributed by atoms with Gasteiger partial charge in [0.05, 0.1) is 18.8 Å². The third-order valence-corrected chi connectivity index (χ3v) is 10.7. The Morgan fingerprint density at radius 2 is 1.16 bits per heavy atom. The number of hydrogen-bond donors (Lipinski definition) is 11.